The summed E-state index contributed by atoms with van der Waals surface area (Å²) in [6, 6.07) is 16.6. The van der Waals surface area contributed by atoms with Crippen molar-refractivity contribution in [2.24, 2.45) is 11.8 Å². The molecular formula is C28H21F3N2O5. The van der Waals surface area contributed by atoms with Crippen LogP contribution in [0, 0.1) is 11.8 Å². The van der Waals surface area contributed by atoms with Crippen molar-refractivity contribution in [3.8, 4) is 0 Å². The van der Waals surface area contributed by atoms with Gasteiger partial charge >= 0.3 is 12.1 Å². The third kappa shape index (κ3) is 3.79. The van der Waals surface area contributed by atoms with E-state index in [9.17, 15) is 37.5 Å². The molecule has 2 saturated heterocycles. The summed E-state index contributed by atoms with van der Waals surface area (Å²) >= 11 is 0. The van der Waals surface area contributed by atoms with Crippen LogP contribution < -0.4 is 10.2 Å². The lowest BCUT2D eigenvalue weighted by atomic mass is 9.75. The van der Waals surface area contributed by atoms with Crippen LogP contribution in [-0.2, 0) is 26.1 Å². The minimum Gasteiger partial charge on any atom is -0.480 e. The van der Waals surface area contributed by atoms with Gasteiger partial charge in [0.2, 0.25) is 11.8 Å². The molecule has 2 heterocycles. The van der Waals surface area contributed by atoms with Crippen molar-refractivity contribution in [3.63, 3.8) is 0 Å². The molecule has 0 saturated carbocycles. The number of carbonyl (C=O) groups excluding carboxylic acids is 3. The van der Waals surface area contributed by atoms with Gasteiger partial charge in [-0.15, -0.1) is 0 Å². The maximum atomic E-state index is 13.9. The Morgan fingerprint density at radius 1 is 0.921 bits per heavy atom. The molecule has 3 aromatic carbocycles. The maximum Gasteiger partial charge on any atom is 0.416 e. The number of hydrogen-bond donors (Lipinski definition) is 2. The predicted octanol–water partition coefficient (Wildman–Crippen LogP) is 4.34. The van der Waals surface area contributed by atoms with E-state index in [2.05, 4.69) is 5.32 Å². The van der Waals surface area contributed by atoms with Gasteiger partial charge in [-0.2, -0.15) is 13.2 Å². The molecule has 194 valence electrons. The Balaban J connectivity index is 1.69. The van der Waals surface area contributed by atoms with Crippen LogP contribution in [-0.4, -0.2) is 28.7 Å². The first-order valence-corrected chi connectivity index (χ1v) is 11.7. The molecule has 0 radical (unpaired) electrons. The number of imide groups is 1. The molecule has 0 spiro atoms. The third-order valence-corrected chi connectivity index (χ3v) is 7.23. The Hall–Kier alpha value is -4.31. The van der Waals surface area contributed by atoms with Crippen molar-refractivity contribution in [2.45, 2.75) is 24.7 Å². The van der Waals surface area contributed by atoms with Crippen molar-refractivity contribution in [2.75, 3.05) is 4.90 Å². The number of anilines is 1. The number of aliphatic carboxylic acids is 1. The van der Waals surface area contributed by atoms with Crippen LogP contribution in [0.15, 0.2) is 78.9 Å². The number of fused-ring (bicyclic) bond motifs is 1. The van der Waals surface area contributed by atoms with Crippen molar-refractivity contribution < 1.29 is 37.5 Å². The highest BCUT2D eigenvalue weighted by Gasteiger charge is 2.69. The van der Waals surface area contributed by atoms with Crippen LogP contribution >= 0.6 is 0 Å². The van der Waals surface area contributed by atoms with Crippen molar-refractivity contribution in [3.05, 3.63) is 101 Å². The van der Waals surface area contributed by atoms with Crippen LogP contribution in [0.4, 0.5) is 18.9 Å². The first-order chi connectivity index (χ1) is 18.0. The first kappa shape index (κ1) is 25.3. The Morgan fingerprint density at radius 3 is 2.16 bits per heavy atom. The first-order valence-electron chi connectivity index (χ1n) is 11.7. The van der Waals surface area contributed by atoms with Gasteiger partial charge in [0.25, 0.3) is 0 Å². The number of ketones is 1. The molecule has 2 N–H and O–H groups in total. The number of amides is 2. The predicted molar refractivity (Wildman–Crippen MR) is 129 cm³/mol. The normalized spacial score (nSPS) is 24.9. The highest BCUT2D eigenvalue weighted by atomic mass is 19.4. The van der Waals surface area contributed by atoms with E-state index in [-0.39, 0.29) is 22.6 Å². The van der Waals surface area contributed by atoms with E-state index < -0.39 is 52.9 Å². The Bertz CT molecular complexity index is 1460. The number of nitrogens with zero attached hydrogens (tertiary/aromatic N) is 1. The number of carboxylic acid groups (broad SMARTS) is 1. The molecule has 4 unspecified atom stereocenters. The topological polar surface area (TPSA) is 104 Å². The zero-order valence-electron chi connectivity index (χ0n) is 19.9. The number of benzene rings is 3. The monoisotopic (exact) mass is 522 g/mol. The van der Waals surface area contributed by atoms with Crippen molar-refractivity contribution >= 4 is 29.3 Å². The van der Waals surface area contributed by atoms with Crippen molar-refractivity contribution in [1.29, 1.82) is 0 Å². The summed E-state index contributed by atoms with van der Waals surface area (Å²) in [6.07, 6.45) is -4.67. The molecule has 0 aliphatic carbocycles. The number of carboxylic acids is 1. The fourth-order valence-corrected chi connectivity index (χ4v) is 5.49. The minimum atomic E-state index is -4.67. The number of halogens is 3. The van der Waals surface area contributed by atoms with Gasteiger partial charge in [0.05, 0.1) is 23.1 Å². The molecule has 2 fully saturated rings. The van der Waals surface area contributed by atoms with E-state index in [0.29, 0.717) is 5.56 Å². The number of nitrogens with one attached hydrogen (secondary N) is 1. The van der Waals surface area contributed by atoms with Gasteiger partial charge in [-0.3, -0.25) is 19.7 Å². The number of carbonyl (C=O) groups is 4. The summed E-state index contributed by atoms with van der Waals surface area (Å²) in [6.45, 7) is 1.36. The van der Waals surface area contributed by atoms with E-state index in [4.69, 9.17) is 0 Å². The highest BCUT2D eigenvalue weighted by Crippen LogP contribution is 2.54. The van der Waals surface area contributed by atoms with Gasteiger partial charge in [0.15, 0.2) is 11.3 Å². The fourth-order valence-electron chi connectivity index (χ4n) is 5.49. The molecule has 0 bridgehead atoms. The molecule has 7 nitrogen and oxygen atoms in total. The smallest absolute Gasteiger partial charge is 0.416 e. The number of Topliss-reactive ketones (excluding diaryl/α,β-unsaturated/α-hetero) is 1. The van der Waals surface area contributed by atoms with Crippen molar-refractivity contribution in [1.82, 2.24) is 5.32 Å². The largest absolute Gasteiger partial charge is 0.480 e. The fraction of sp³-hybridized carbons (Fsp3) is 0.214. The van der Waals surface area contributed by atoms with Crippen LogP contribution in [0.2, 0.25) is 0 Å². The summed E-state index contributed by atoms with van der Waals surface area (Å²) in [5.41, 5.74) is -2.36. The maximum absolute atomic E-state index is 13.9. The third-order valence-electron chi connectivity index (χ3n) is 7.23. The molecule has 4 atom stereocenters. The summed E-state index contributed by atoms with van der Waals surface area (Å²) in [7, 11) is 0. The van der Waals surface area contributed by atoms with Gasteiger partial charge in [-0.25, -0.2) is 9.69 Å². The summed E-state index contributed by atoms with van der Waals surface area (Å²) in [4.78, 5) is 53.1. The summed E-state index contributed by atoms with van der Waals surface area (Å²) in [5.74, 6) is -5.98. The van der Waals surface area contributed by atoms with E-state index in [0.717, 1.165) is 17.0 Å². The van der Waals surface area contributed by atoms with E-state index in [1.165, 1.54) is 55.5 Å². The van der Waals surface area contributed by atoms with Crippen LogP contribution in [0.5, 0.6) is 0 Å². The SMILES string of the molecule is CC(=O)c1ccc(N2C(=O)C3C(c4cccc(C(F)(F)F)c4)NC(C(=O)O)(c4ccccc4)C3C2=O)cc1. The lowest BCUT2D eigenvalue weighted by Gasteiger charge is -2.31. The summed E-state index contributed by atoms with van der Waals surface area (Å²) < 4.78 is 40.5. The molecular weight excluding hydrogens is 501 g/mol. The zero-order chi connectivity index (χ0) is 27.4. The Kier molecular flexibility index (Phi) is 5.94. The van der Waals surface area contributed by atoms with E-state index in [1.807, 2.05) is 0 Å². The van der Waals surface area contributed by atoms with Gasteiger partial charge in [-0.05, 0) is 54.4 Å². The van der Waals surface area contributed by atoms with Crippen LogP contribution in [0.3, 0.4) is 0 Å². The number of hydrogen-bond acceptors (Lipinski definition) is 5. The van der Waals surface area contributed by atoms with Gasteiger partial charge < -0.3 is 5.11 Å². The molecule has 10 heteroatoms. The Labute approximate surface area is 214 Å². The van der Waals surface area contributed by atoms with Gasteiger partial charge in [-0.1, -0.05) is 42.5 Å². The second kappa shape index (κ2) is 8.91. The number of alkyl halides is 3. The average Bonchev–Trinajstić information content (AvgIpc) is 3.38. The molecule has 5 rings (SSSR count). The van der Waals surface area contributed by atoms with E-state index >= 15 is 0 Å². The van der Waals surface area contributed by atoms with Gasteiger partial charge in [0.1, 0.15) is 0 Å². The van der Waals surface area contributed by atoms with E-state index in [1.54, 1.807) is 18.2 Å². The molecule has 2 aliphatic rings. The quantitative estimate of drug-likeness (QED) is 0.382. The standard InChI is InChI=1S/C28H21F3N2O5/c1-15(34)16-10-12-20(13-11-16)33-24(35)21-22(25(33)36)27(26(37)38,18-7-3-2-4-8-18)32-23(21)17-6-5-9-19(14-17)28(29,30)31/h2-14,21-23,32H,1H3,(H,37,38). The van der Waals surface area contributed by atoms with Crippen LogP contribution in [0.1, 0.15) is 40.0 Å². The highest BCUT2D eigenvalue weighted by molar-refractivity contribution is 6.24. The molecule has 3 aromatic rings. The molecule has 2 amide bonds. The van der Waals surface area contributed by atoms with Crippen LogP contribution in [0.25, 0.3) is 0 Å². The molecule has 0 aromatic heterocycles. The lowest BCUT2D eigenvalue weighted by Crippen LogP contribution is -2.53. The second-order valence-corrected chi connectivity index (χ2v) is 9.34. The molecule has 38 heavy (non-hydrogen) atoms. The summed E-state index contributed by atoms with van der Waals surface area (Å²) in [5, 5.41) is 13.4. The minimum absolute atomic E-state index is 0.0313. The average molecular weight is 522 g/mol. The second-order valence-electron chi connectivity index (χ2n) is 9.34. The lowest BCUT2D eigenvalue weighted by molar-refractivity contribution is -0.149. The zero-order valence-corrected chi connectivity index (χ0v) is 19.9. The molecule has 2 aliphatic heterocycles. The Morgan fingerprint density at radius 2 is 1.58 bits per heavy atom. The number of rotatable bonds is 5. The van der Waals surface area contributed by atoms with Gasteiger partial charge in [0, 0.05) is 11.6 Å².